The molecule has 0 atom stereocenters. The van der Waals surface area contributed by atoms with Crippen molar-refractivity contribution >= 4 is 5.97 Å². The molecule has 0 aromatic heterocycles. The number of esters is 1. The Bertz CT molecular complexity index is 634. The fraction of sp³-hybridized carbons (Fsp3) is 0.176. The summed E-state index contributed by atoms with van der Waals surface area (Å²) in [6, 6.07) is 15.9. The number of nitrogens with zero attached hydrogens (tertiary/aromatic N) is 1. The van der Waals surface area contributed by atoms with Crippen molar-refractivity contribution in [3.8, 4) is 11.8 Å². The molecule has 0 saturated carbocycles. The number of carbonyl (C=O) groups is 1. The highest BCUT2D eigenvalue weighted by Gasteiger charge is 2.08. The minimum atomic E-state index is -0.424. The van der Waals surface area contributed by atoms with Crippen LogP contribution in [0, 0.1) is 11.3 Å². The summed E-state index contributed by atoms with van der Waals surface area (Å²) in [6.45, 7) is 4.22. The summed E-state index contributed by atoms with van der Waals surface area (Å²) in [5.41, 5.74) is 2.14. The number of nitriles is 1. The molecule has 0 saturated heterocycles. The molecule has 0 aliphatic heterocycles. The van der Waals surface area contributed by atoms with E-state index < -0.39 is 5.97 Å². The molecule has 0 unspecified atom stereocenters. The maximum atomic E-state index is 11.9. The first-order valence-electron chi connectivity index (χ1n) is 6.42. The quantitative estimate of drug-likeness (QED) is 0.624. The van der Waals surface area contributed by atoms with Crippen molar-refractivity contribution in [3.63, 3.8) is 0 Å². The molecule has 0 amide bonds. The maximum Gasteiger partial charge on any atom is 0.343 e. The third-order valence-electron chi connectivity index (χ3n) is 3.01. The van der Waals surface area contributed by atoms with E-state index in [2.05, 4.69) is 13.8 Å². The SMILES string of the molecule is CC(C)c1ccc(OC(=O)c2ccc(C#N)cc2)cc1. The van der Waals surface area contributed by atoms with E-state index in [0.29, 0.717) is 22.8 Å². The van der Waals surface area contributed by atoms with Gasteiger partial charge >= 0.3 is 5.97 Å². The Morgan fingerprint density at radius 3 is 2.15 bits per heavy atom. The average Bonchev–Trinajstić information content (AvgIpc) is 2.48. The van der Waals surface area contributed by atoms with Gasteiger partial charge in [0, 0.05) is 0 Å². The molecule has 3 heteroatoms. The molecule has 2 aromatic rings. The van der Waals surface area contributed by atoms with Crippen LogP contribution in [0.4, 0.5) is 0 Å². The van der Waals surface area contributed by atoms with Crippen molar-refractivity contribution in [1.29, 1.82) is 5.26 Å². The van der Waals surface area contributed by atoms with Crippen LogP contribution in [0.25, 0.3) is 0 Å². The van der Waals surface area contributed by atoms with Gasteiger partial charge in [0.05, 0.1) is 17.2 Å². The van der Waals surface area contributed by atoms with E-state index in [9.17, 15) is 4.79 Å². The Kier molecular flexibility index (Phi) is 4.17. The minimum Gasteiger partial charge on any atom is -0.423 e. The third-order valence-corrected chi connectivity index (χ3v) is 3.01. The zero-order valence-corrected chi connectivity index (χ0v) is 11.5. The fourth-order valence-corrected chi connectivity index (χ4v) is 1.77. The van der Waals surface area contributed by atoms with Crippen LogP contribution in [-0.2, 0) is 0 Å². The van der Waals surface area contributed by atoms with E-state index >= 15 is 0 Å². The maximum absolute atomic E-state index is 11.9. The lowest BCUT2D eigenvalue weighted by molar-refractivity contribution is 0.0734. The van der Waals surface area contributed by atoms with Gasteiger partial charge < -0.3 is 4.74 Å². The number of ether oxygens (including phenoxy) is 1. The summed E-state index contributed by atoms with van der Waals surface area (Å²) in [5, 5.41) is 8.71. The molecule has 0 aliphatic rings. The van der Waals surface area contributed by atoms with E-state index in [1.807, 2.05) is 18.2 Å². The van der Waals surface area contributed by atoms with Gasteiger partial charge in [-0.1, -0.05) is 26.0 Å². The Hall–Kier alpha value is -2.60. The molecular formula is C17H15NO2. The fourth-order valence-electron chi connectivity index (χ4n) is 1.77. The second kappa shape index (κ2) is 6.03. The Morgan fingerprint density at radius 2 is 1.65 bits per heavy atom. The Labute approximate surface area is 118 Å². The summed E-state index contributed by atoms with van der Waals surface area (Å²) >= 11 is 0. The van der Waals surface area contributed by atoms with Crippen molar-refractivity contribution in [1.82, 2.24) is 0 Å². The second-order valence-electron chi connectivity index (χ2n) is 4.80. The Morgan fingerprint density at radius 1 is 1.05 bits per heavy atom. The first kappa shape index (κ1) is 13.8. The molecule has 0 fully saturated rings. The number of benzene rings is 2. The Balaban J connectivity index is 2.09. The van der Waals surface area contributed by atoms with Crippen LogP contribution in [-0.4, -0.2) is 5.97 Å². The smallest absolute Gasteiger partial charge is 0.343 e. The zero-order valence-electron chi connectivity index (χ0n) is 11.5. The third kappa shape index (κ3) is 3.24. The predicted molar refractivity (Wildman–Crippen MR) is 76.6 cm³/mol. The van der Waals surface area contributed by atoms with Gasteiger partial charge in [0.25, 0.3) is 0 Å². The molecule has 2 aromatic carbocycles. The largest absolute Gasteiger partial charge is 0.423 e. The second-order valence-corrected chi connectivity index (χ2v) is 4.80. The van der Waals surface area contributed by atoms with E-state index in [-0.39, 0.29) is 0 Å². The molecule has 0 aliphatic carbocycles. The van der Waals surface area contributed by atoms with E-state index in [4.69, 9.17) is 10.00 Å². The number of carbonyl (C=O) groups excluding carboxylic acids is 1. The highest BCUT2D eigenvalue weighted by Crippen LogP contribution is 2.19. The lowest BCUT2D eigenvalue weighted by Crippen LogP contribution is -2.08. The van der Waals surface area contributed by atoms with Gasteiger partial charge in [-0.2, -0.15) is 5.26 Å². The van der Waals surface area contributed by atoms with E-state index in [1.54, 1.807) is 36.4 Å². The van der Waals surface area contributed by atoms with Gasteiger partial charge in [-0.25, -0.2) is 4.79 Å². The van der Waals surface area contributed by atoms with Crippen molar-refractivity contribution < 1.29 is 9.53 Å². The molecule has 0 bridgehead atoms. The predicted octanol–water partition coefficient (Wildman–Crippen LogP) is 3.90. The summed E-state index contributed by atoms with van der Waals surface area (Å²) in [5.74, 6) is 0.536. The average molecular weight is 265 g/mol. The lowest BCUT2D eigenvalue weighted by atomic mass is 10.0. The number of rotatable bonds is 3. The van der Waals surface area contributed by atoms with Crippen LogP contribution in [0.2, 0.25) is 0 Å². The van der Waals surface area contributed by atoms with Crippen LogP contribution in [0.1, 0.15) is 41.3 Å². The molecule has 3 nitrogen and oxygen atoms in total. The summed E-state index contributed by atoms with van der Waals surface area (Å²) in [7, 11) is 0. The van der Waals surface area contributed by atoms with Crippen LogP contribution in [0.5, 0.6) is 5.75 Å². The van der Waals surface area contributed by atoms with Gasteiger partial charge in [0.1, 0.15) is 5.75 Å². The van der Waals surface area contributed by atoms with Crippen LogP contribution in [0.15, 0.2) is 48.5 Å². The molecule has 0 radical (unpaired) electrons. The van der Waals surface area contributed by atoms with E-state index in [1.165, 1.54) is 5.56 Å². The molecule has 100 valence electrons. The van der Waals surface area contributed by atoms with Crippen molar-refractivity contribution in [2.75, 3.05) is 0 Å². The lowest BCUT2D eigenvalue weighted by Gasteiger charge is -2.07. The highest BCUT2D eigenvalue weighted by molar-refractivity contribution is 5.91. The molecule has 0 spiro atoms. The van der Waals surface area contributed by atoms with E-state index in [0.717, 1.165) is 0 Å². The summed E-state index contributed by atoms with van der Waals surface area (Å²) in [6.07, 6.45) is 0. The molecule has 0 N–H and O–H groups in total. The highest BCUT2D eigenvalue weighted by atomic mass is 16.5. The van der Waals surface area contributed by atoms with Crippen molar-refractivity contribution in [2.24, 2.45) is 0 Å². The minimum absolute atomic E-state index is 0.424. The molecule has 2 rings (SSSR count). The van der Waals surface area contributed by atoms with Crippen LogP contribution < -0.4 is 4.74 Å². The standard InChI is InChI=1S/C17H15NO2/c1-12(2)14-7-9-16(10-8-14)20-17(19)15-5-3-13(11-18)4-6-15/h3-10,12H,1-2H3. The summed E-state index contributed by atoms with van der Waals surface area (Å²) in [4.78, 5) is 11.9. The van der Waals surface area contributed by atoms with Gasteiger partial charge in [0.15, 0.2) is 0 Å². The monoisotopic (exact) mass is 265 g/mol. The van der Waals surface area contributed by atoms with Gasteiger partial charge in [-0.05, 0) is 47.9 Å². The number of hydrogen-bond donors (Lipinski definition) is 0. The summed E-state index contributed by atoms with van der Waals surface area (Å²) < 4.78 is 5.29. The molecule has 20 heavy (non-hydrogen) atoms. The molecule has 0 heterocycles. The van der Waals surface area contributed by atoms with Gasteiger partial charge in [-0.15, -0.1) is 0 Å². The number of hydrogen-bond acceptors (Lipinski definition) is 3. The normalized spacial score (nSPS) is 10.1. The van der Waals surface area contributed by atoms with Crippen molar-refractivity contribution in [2.45, 2.75) is 19.8 Å². The van der Waals surface area contributed by atoms with Crippen LogP contribution in [0.3, 0.4) is 0 Å². The van der Waals surface area contributed by atoms with Crippen LogP contribution >= 0.6 is 0 Å². The molecular weight excluding hydrogens is 250 g/mol. The van der Waals surface area contributed by atoms with Gasteiger partial charge in [0.2, 0.25) is 0 Å². The first-order valence-corrected chi connectivity index (χ1v) is 6.42. The first-order chi connectivity index (χ1) is 9.60. The topological polar surface area (TPSA) is 50.1 Å². The zero-order chi connectivity index (χ0) is 14.5. The van der Waals surface area contributed by atoms with Gasteiger partial charge in [-0.3, -0.25) is 0 Å². The van der Waals surface area contributed by atoms with Crippen molar-refractivity contribution in [3.05, 3.63) is 65.2 Å².